The first-order valence-electron chi connectivity index (χ1n) is 44.0. The van der Waals surface area contributed by atoms with E-state index in [9.17, 15) is 57.8 Å². The smallest absolute Gasteiger partial charge is 0.322 e. The Kier molecular flexibility index (Phi) is 48.1. The summed E-state index contributed by atoms with van der Waals surface area (Å²) < 4.78 is 29.3. The van der Waals surface area contributed by atoms with E-state index < -0.39 is 84.0 Å². The number of methoxy groups -OCH3 is 4. The molecule has 2 aliphatic heterocycles. The van der Waals surface area contributed by atoms with Gasteiger partial charge in [-0.05, 0) is 133 Å². The van der Waals surface area contributed by atoms with Gasteiger partial charge in [-0.3, -0.25) is 62.5 Å². The zero-order valence-corrected chi connectivity index (χ0v) is 77.3. The number of esters is 1. The van der Waals surface area contributed by atoms with E-state index in [1.54, 1.807) is 71.1 Å². The number of nitrogens with two attached hydrogens (primary N) is 1. The van der Waals surface area contributed by atoms with Crippen molar-refractivity contribution in [3.8, 4) is 0 Å². The number of carbonyl (C=O) groups is 11. The van der Waals surface area contributed by atoms with E-state index in [-0.39, 0.29) is 177 Å². The van der Waals surface area contributed by atoms with Crippen molar-refractivity contribution in [1.82, 2.24) is 40.0 Å². The van der Waals surface area contributed by atoms with Crippen LogP contribution < -0.4 is 16.4 Å². The van der Waals surface area contributed by atoms with E-state index >= 15 is 0 Å². The third kappa shape index (κ3) is 32.4. The average Bonchev–Trinajstić information content (AvgIpc) is 1.80. The summed E-state index contributed by atoms with van der Waals surface area (Å²) in [4.78, 5) is 162. The highest BCUT2D eigenvalue weighted by atomic mass is 16.5. The van der Waals surface area contributed by atoms with Crippen molar-refractivity contribution in [2.24, 2.45) is 76.7 Å². The molecule has 0 radical (unpaired) electrons. The van der Waals surface area contributed by atoms with Crippen molar-refractivity contribution < 1.29 is 81.5 Å². The number of nitrogens with zero attached hydrogens (tertiary/aromatic N) is 6. The van der Waals surface area contributed by atoms with Gasteiger partial charge in [-0.15, -0.1) is 0 Å². The zero-order chi connectivity index (χ0) is 89.8. The molecule has 2 aromatic rings. The Hall–Kier alpha value is -6.91. The number of ketones is 4. The van der Waals surface area contributed by atoms with Crippen LogP contribution >= 0.6 is 0 Å². The van der Waals surface area contributed by atoms with Gasteiger partial charge in [-0.1, -0.05) is 170 Å². The van der Waals surface area contributed by atoms with Gasteiger partial charge in [0, 0.05) is 137 Å². The van der Waals surface area contributed by atoms with Crippen LogP contribution in [0.25, 0.3) is 0 Å². The SMILES string of the molecule is CC[C@H](C)[C@@H]([C@@H](CC(=O)N1CCC[C@H]1[C@H](OC)[C@@H](C)C(=O)C[C@@H](Cc1ccccc1)C(=O)NCCCO)OC)N(C)C(=O)[C@@H](CC(=O)[C@H](C(C)C)N(C)C)C(C)C.CC[C@H](C)[C@@H]([C@@H](CC(=O)N1CCC[C@H]1[C@H](OC)[C@@H](C)C(=O)C[C@@H](Cc1ccccc1)C(=O)NCCCOC(=O)[C@H](C)N)OC)N(C)C(=O)[C@@H](CC(=O)[C@H](C(C)C)N(C)C)C(C)C. The molecule has 2 fully saturated rings. The van der Waals surface area contributed by atoms with Crippen LogP contribution in [0.3, 0.4) is 0 Å². The number of ether oxygens (including phenoxy) is 5. The van der Waals surface area contributed by atoms with Crippen molar-refractivity contribution in [3.05, 3.63) is 71.8 Å². The number of likely N-dealkylation sites (tertiary alicyclic amines) is 2. The summed E-state index contributed by atoms with van der Waals surface area (Å²) in [6.45, 7) is 31.0. The molecule has 0 saturated carbocycles. The van der Waals surface area contributed by atoms with Gasteiger partial charge >= 0.3 is 5.97 Å². The molecule has 4 rings (SSSR count). The lowest BCUT2D eigenvalue weighted by molar-refractivity contribution is -0.149. The summed E-state index contributed by atoms with van der Waals surface area (Å²) in [5, 5.41) is 15.0. The Labute approximate surface area is 714 Å². The lowest BCUT2D eigenvalue weighted by atomic mass is 9.83. The van der Waals surface area contributed by atoms with Crippen LogP contribution in [0.2, 0.25) is 0 Å². The first-order valence-corrected chi connectivity index (χ1v) is 44.0. The summed E-state index contributed by atoms with van der Waals surface area (Å²) in [7, 11) is 17.4. The molecule has 119 heavy (non-hydrogen) atoms. The van der Waals surface area contributed by atoms with E-state index in [0.29, 0.717) is 58.2 Å². The molecule has 2 aliphatic rings. The molecule has 2 saturated heterocycles. The van der Waals surface area contributed by atoms with Crippen molar-refractivity contribution in [1.29, 1.82) is 0 Å². The highest BCUT2D eigenvalue weighted by Gasteiger charge is 2.47. The fourth-order valence-electron chi connectivity index (χ4n) is 17.9. The molecule has 0 bridgehead atoms. The second-order valence-electron chi connectivity index (χ2n) is 35.6. The van der Waals surface area contributed by atoms with Crippen molar-refractivity contribution in [2.75, 3.05) is 110 Å². The number of rotatable bonds is 54. The molecular weight excluding hydrogens is 1520 g/mol. The molecule has 19 atom stereocenters. The van der Waals surface area contributed by atoms with Crippen LogP contribution in [0.15, 0.2) is 60.7 Å². The molecule has 676 valence electrons. The van der Waals surface area contributed by atoms with Crippen LogP contribution in [0.4, 0.5) is 0 Å². The Bertz CT molecular complexity index is 3400. The molecule has 26 heteroatoms. The number of aliphatic hydroxyl groups excluding tert-OH is 1. The molecule has 2 aromatic carbocycles. The molecule has 6 amide bonds. The topological polar surface area (TPSA) is 324 Å². The molecule has 0 aromatic heterocycles. The number of likely N-dealkylation sites (N-methyl/N-ethyl adjacent to an activating group) is 4. The predicted molar refractivity (Wildman–Crippen MR) is 466 cm³/mol. The van der Waals surface area contributed by atoms with Crippen LogP contribution in [-0.2, 0) is 89.3 Å². The lowest BCUT2D eigenvalue weighted by Crippen LogP contribution is -2.54. The Morgan fingerprint density at radius 3 is 1.13 bits per heavy atom. The van der Waals surface area contributed by atoms with Gasteiger partial charge in [-0.25, -0.2) is 0 Å². The van der Waals surface area contributed by atoms with Gasteiger partial charge < -0.3 is 64.8 Å². The monoisotopic (exact) mass is 1670 g/mol. The number of aliphatic hydroxyl groups is 1. The van der Waals surface area contributed by atoms with Crippen molar-refractivity contribution in [3.63, 3.8) is 0 Å². The minimum Gasteiger partial charge on any atom is -0.464 e. The number of benzene rings is 2. The Morgan fingerprint density at radius 1 is 0.479 bits per heavy atom. The molecule has 0 spiro atoms. The molecular formula is C93H157N9O17. The van der Waals surface area contributed by atoms with Gasteiger partial charge in [0.2, 0.25) is 35.4 Å². The van der Waals surface area contributed by atoms with Gasteiger partial charge in [0.1, 0.15) is 17.6 Å². The van der Waals surface area contributed by atoms with Crippen LogP contribution in [0.1, 0.15) is 205 Å². The number of hydrogen-bond acceptors (Lipinski definition) is 20. The Balaban J connectivity index is 0.000000617. The molecule has 5 N–H and O–H groups in total. The fourth-order valence-corrected chi connectivity index (χ4v) is 17.9. The first kappa shape index (κ1) is 106. The third-order valence-corrected chi connectivity index (χ3v) is 25.0. The second kappa shape index (κ2) is 53.9. The van der Waals surface area contributed by atoms with Crippen LogP contribution in [-0.4, -0.2) is 276 Å². The van der Waals surface area contributed by atoms with Crippen LogP contribution in [0, 0.1) is 71.0 Å². The molecule has 26 nitrogen and oxygen atoms in total. The zero-order valence-electron chi connectivity index (χ0n) is 77.3. The van der Waals surface area contributed by atoms with Gasteiger partial charge in [0.05, 0.1) is 80.1 Å². The maximum Gasteiger partial charge on any atom is 0.322 e. The normalized spacial score (nSPS) is 18.7. The fraction of sp³-hybridized carbons (Fsp3) is 0.753. The number of hydrogen-bond donors (Lipinski definition) is 4. The minimum absolute atomic E-state index is 0.00573. The lowest BCUT2D eigenvalue weighted by Gasteiger charge is -2.41. The summed E-state index contributed by atoms with van der Waals surface area (Å²) >= 11 is 0. The summed E-state index contributed by atoms with van der Waals surface area (Å²) in [5.41, 5.74) is 7.43. The summed E-state index contributed by atoms with van der Waals surface area (Å²) in [6, 6.07) is 16.2. The number of amides is 6. The number of nitrogens with one attached hydrogen (secondary N) is 2. The number of carbonyl (C=O) groups excluding carboxylic acids is 11. The van der Waals surface area contributed by atoms with E-state index in [2.05, 4.69) is 31.4 Å². The summed E-state index contributed by atoms with van der Waals surface area (Å²) in [5.74, 6) is -5.27. The van der Waals surface area contributed by atoms with Gasteiger partial charge in [-0.2, -0.15) is 0 Å². The van der Waals surface area contributed by atoms with E-state index in [0.717, 1.165) is 36.8 Å². The van der Waals surface area contributed by atoms with E-state index in [4.69, 9.17) is 29.4 Å². The Morgan fingerprint density at radius 2 is 0.832 bits per heavy atom. The average molecular weight is 1670 g/mol. The summed E-state index contributed by atoms with van der Waals surface area (Å²) in [6.07, 6.45) is 3.70. The molecule has 0 aliphatic carbocycles. The van der Waals surface area contributed by atoms with Crippen molar-refractivity contribution >= 4 is 64.5 Å². The maximum atomic E-state index is 14.4. The minimum atomic E-state index is -0.731. The van der Waals surface area contributed by atoms with Gasteiger partial charge in [0.15, 0.2) is 11.6 Å². The molecule has 2 heterocycles. The highest BCUT2D eigenvalue weighted by Crippen LogP contribution is 2.36. The largest absolute Gasteiger partial charge is 0.464 e. The van der Waals surface area contributed by atoms with E-state index in [1.807, 2.05) is 173 Å². The quantitative estimate of drug-likeness (QED) is 0.0353. The second-order valence-corrected chi connectivity index (χ2v) is 35.6. The van der Waals surface area contributed by atoms with Crippen molar-refractivity contribution in [2.45, 2.75) is 273 Å². The predicted octanol–water partition coefficient (Wildman–Crippen LogP) is 9.98. The first-order chi connectivity index (χ1) is 56.2. The highest BCUT2D eigenvalue weighted by molar-refractivity contribution is 5.92. The van der Waals surface area contributed by atoms with E-state index in [1.165, 1.54) is 0 Å². The van der Waals surface area contributed by atoms with Crippen LogP contribution in [0.5, 0.6) is 0 Å². The number of Topliss-reactive ketones (excluding diaryl/α,β-unsaturated/α-hetero) is 4. The standard InChI is InChI=1S/C48H81N5O9.C45H76N4O8/c1-14-32(6)44(52(11)47(58)37(30(2)3)28-40(55)43(31(4)5)51(9)10)41(60-12)29-42(56)53-24-18-22-38(53)45(61-13)33(7)39(54)27-36(26-35-20-16-15-17-21-35)46(57)50-23-19-25-62-48(59)34(8)49;1-13-31(6)42(48(10)45(55)35(29(2)3)27-38(52)41(30(4)5)47(8)9)39(56-11)28-40(53)49-23-17-21-36(49)43(57-12)32(7)37(51)26-34(44(54)46-22-18-24-50)25-33-19-15-14-16-20-33/h15-17,20-21,30-34,36-38,41,43-45H,14,18-19,22-29,49H2,1-13H3,(H,50,57);14-16,19-20,29-32,34-36,39,41-43,50H,13,17-18,21-28H2,1-12H3,(H,46,54)/t32-,33-,34-,36+,37-,38-,41+,43-,44-,45+;31-,32-,34+,35-,36-,39+,41-,42-,43+/m00/s1. The maximum absolute atomic E-state index is 14.4. The molecule has 0 unspecified atom stereocenters. The van der Waals surface area contributed by atoms with Gasteiger partial charge in [0.25, 0.3) is 0 Å². The third-order valence-electron chi connectivity index (χ3n) is 25.0.